The Labute approximate surface area is 200 Å². The van der Waals surface area contributed by atoms with Gasteiger partial charge < -0.3 is 5.32 Å². The topological polar surface area (TPSA) is 66.5 Å². The molecule has 0 saturated heterocycles. The van der Waals surface area contributed by atoms with Gasteiger partial charge in [0.2, 0.25) is 5.91 Å². The van der Waals surface area contributed by atoms with Gasteiger partial charge in [-0.3, -0.25) is 9.10 Å². The first-order valence-corrected chi connectivity index (χ1v) is 12.9. The van der Waals surface area contributed by atoms with Crippen molar-refractivity contribution in [2.24, 2.45) is 0 Å². The van der Waals surface area contributed by atoms with E-state index in [0.717, 1.165) is 52.0 Å². The fourth-order valence-electron chi connectivity index (χ4n) is 2.88. The molecule has 0 fully saturated rings. The molecule has 3 aromatic rings. The van der Waals surface area contributed by atoms with Crippen LogP contribution in [0.1, 0.15) is 5.56 Å². The Balaban J connectivity index is 1.63. The third-order valence-corrected chi connectivity index (χ3v) is 7.62. The number of thioether (sulfide) groups is 1. The lowest BCUT2D eigenvalue weighted by molar-refractivity contribution is -0.119. The molecule has 0 bridgehead atoms. The number of carbonyl (C=O) groups excluding carboxylic acids is 1. The van der Waals surface area contributed by atoms with Gasteiger partial charge in [0, 0.05) is 23.1 Å². The molecule has 0 saturated carbocycles. The number of hydrogen-bond donors (Lipinski definition) is 1. The molecule has 0 aliphatic heterocycles. The Morgan fingerprint density at radius 3 is 2.09 bits per heavy atom. The molecule has 0 radical (unpaired) electrons. The minimum absolute atomic E-state index is 0.119. The van der Waals surface area contributed by atoms with Crippen molar-refractivity contribution < 1.29 is 22.0 Å². The average Bonchev–Trinajstić information content (AvgIpc) is 2.79. The van der Waals surface area contributed by atoms with E-state index in [0.29, 0.717) is 17.3 Å². The van der Waals surface area contributed by atoms with Gasteiger partial charge >= 0.3 is 0 Å². The number of carbonyl (C=O) groups is 1. The van der Waals surface area contributed by atoms with Crippen LogP contribution in [0, 0.1) is 11.6 Å². The Bertz CT molecular complexity index is 1170. The summed E-state index contributed by atoms with van der Waals surface area (Å²) in [7, 11) is -4.19. The molecule has 3 rings (SSSR count). The van der Waals surface area contributed by atoms with E-state index < -0.39 is 34.1 Å². The standard InChI is InChI=1S/C23H21ClF2N2O3S2/c24-18-3-1-17(2-4-18)16-32-14-13-27-23(29)15-28(21-9-5-19(25)6-10-21)33(30,31)22-11-7-20(26)8-12-22/h1-12H,13-16H2,(H,27,29). The van der Waals surface area contributed by atoms with E-state index in [9.17, 15) is 22.0 Å². The maximum atomic E-state index is 13.4. The van der Waals surface area contributed by atoms with Crippen molar-refractivity contribution in [3.63, 3.8) is 0 Å². The van der Waals surface area contributed by atoms with Crippen LogP contribution in [-0.2, 0) is 20.6 Å². The summed E-state index contributed by atoms with van der Waals surface area (Å²) >= 11 is 7.47. The fraction of sp³-hybridized carbons (Fsp3) is 0.174. The lowest BCUT2D eigenvalue weighted by Crippen LogP contribution is -2.41. The number of benzene rings is 3. The van der Waals surface area contributed by atoms with Crippen LogP contribution >= 0.6 is 23.4 Å². The minimum Gasteiger partial charge on any atom is -0.354 e. The molecule has 0 unspecified atom stereocenters. The van der Waals surface area contributed by atoms with Crippen LogP contribution in [0.3, 0.4) is 0 Å². The van der Waals surface area contributed by atoms with E-state index in [-0.39, 0.29) is 10.6 Å². The molecule has 33 heavy (non-hydrogen) atoms. The van der Waals surface area contributed by atoms with Gasteiger partial charge in [-0.25, -0.2) is 17.2 Å². The number of sulfonamides is 1. The smallest absolute Gasteiger partial charge is 0.264 e. The first-order valence-electron chi connectivity index (χ1n) is 9.88. The summed E-state index contributed by atoms with van der Waals surface area (Å²) in [5.41, 5.74) is 1.22. The molecular formula is C23H21ClF2N2O3S2. The van der Waals surface area contributed by atoms with Gasteiger partial charge in [0.15, 0.2) is 0 Å². The molecule has 0 spiro atoms. The monoisotopic (exact) mass is 510 g/mol. The van der Waals surface area contributed by atoms with Crippen molar-refractivity contribution in [2.75, 3.05) is 23.1 Å². The molecule has 0 aliphatic carbocycles. The molecule has 1 N–H and O–H groups in total. The third-order valence-electron chi connectivity index (χ3n) is 4.55. The zero-order valence-corrected chi connectivity index (χ0v) is 19.8. The van der Waals surface area contributed by atoms with Gasteiger partial charge in [-0.15, -0.1) is 0 Å². The lowest BCUT2D eigenvalue weighted by atomic mass is 10.2. The van der Waals surface area contributed by atoms with Gasteiger partial charge in [0.25, 0.3) is 10.0 Å². The molecule has 10 heteroatoms. The second-order valence-corrected chi connectivity index (χ2v) is 10.4. The predicted octanol–water partition coefficient (Wildman–Crippen LogP) is 4.86. The van der Waals surface area contributed by atoms with Crippen molar-refractivity contribution in [1.29, 1.82) is 0 Å². The van der Waals surface area contributed by atoms with E-state index in [1.54, 1.807) is 11.8 Å². The van der Waals surface area contributed by atoms with E-state index in [1.165, 1.54) is 12.1 Å². The number of amides is 1. The molecule has 5 nitrogen and oxygen atoms in total. The highest BCUT2D eigenvalue weighted by atomic mass is 35.5. The second-order valence-electron chi connectivity index (χ2n) is 6.97. The highest BCUT2D eigenvalue weighted by Gasteiger charge is 2.27. The molecule has 3 aromatic carbocycles. The summed E-state index contributed by atoms with van der Waals surface area (Å²) in [6.07, 6.45) is 0. The Kier molecular flexibility index (Phi) is 8.71. The lowest BCUT2D eigenvalue weighted by Gasteiger charge is -2.24. The number of anilines is 1. The van der Waals surface area contributed by atoms with E-state index >= 15 is 0 Å². The average molecular weight is 511 g/mol. The highest BCUT2D eigenvalue weighted by Crippen LogP contribution is 2.24. The summed E-state index contributed by atoms with van der Waals surface area (Å²) in [6.45, 7) is -0.169. The van der Waals surface area contributed by atoms with E-state index in [2.05, 4.69) is 5.32 Å². The maximum absolute atomic E-state index is 13.4. The van der Waals surface area contributed by atoms with E-state index in [1.807, 2.05) is 24.3 Å². The van der Waals surface area contributed by atoms with Crippen molar-refractivity contribution in [3.05, 3.63) is 95.0 Å². The van der Waals surface area contributed by atoms with Crippen molar-refractivity contribution in [2.45, 2.75) is 10.6 Å². The molecule has 174 valence electrons. The molecule has 0 aliphatic rings. The Morgan fingerprint density at radius 1 is 0.909 bits per heavy atom. The van der Waals surface area contributed by atoms with Gasteiger partial charge in [-0.05, 0) is 66.2 Å². The highest BCUT2D eigenvalue weighted by molar-refractivity contribution is 7.98. The van der Waals surface area contributed by atoms with Crippen LogP contribution in [0.5, 0.6) is 0 Å². The summed E-state index contributed by atoms with van der Waals surface area (Å²) in [6, 6.07) is 16.5. The molecule has 1 amide bonds. The van der Waals surface area contributed by atoms with Crippen LogP contribution in [0.2, 0.25) is 5.02 Å². The summed E-state index contributed by atoms with van der Waals surface area (Å²) in [4.78, 5) is 12.3. The quantitative estimate of drug-likeness (QED) is 0.395. The first kappa shape index (κ1) is 25.0. The van der Waals surface area contributed by atoms with Crippen LogP contribution in [0.25, 0.3) is 0 Å². The Morgan fingerprint density at radius 2 is 1.48 bits per heavy atom. The first-order chi connectivity index (χ1) is 15.8. The number of halogens is 3. The Hall–Kier alpha value is -2.62. The second kappa shape index (κ2) is 11.5. The van der Waals surface area contributed by atoms with Crippen LogP contribution in [-0.4, -0.2) is 33.2 Å². The number of rotatable bonds is 10. The van der Waals surface area contributed by atoms with Gasteiger partial charge in [0.05, 0.1) is 10.6 Å². The summed E-state index contributed by atoms with van der Waals surface area (Å²) < 4.78 is 53.8. The number of nitrogens with zero attached hydrogens (tertiary/aromatic N) is 1. The minimum atomic E-state index is -4.19. The van der Waals surface area contributed by atoms with Gasteiger partial charge in [0.1, 0.15) is 18.2 Å². The SMILES string of the molecule is O=C(CN(c1ccc(F)cc1)S(=O)(=O)c1ccc(F)cc1)NCCSCc1ccc(Cl)cc1. The molecular weight excluding hydrogens is 490 g/mol. The van der Waals surface area contributed by atoms with Crippen molar-refractivity contribution >= 4 is 45.0 Å². The predicted molar refractivity (Wildman–Crippen MR) is 128 cm³/mol. The maximum Gasteiger partial charge on any atom is 0.264 e. The number of nitrogens with one attached hydrogen (secondary N) is 1. The van der Waals surface area contributed by atoms with Crippen LogP contribution in [0.15, 0.2) is 77.7 Å². The molecule has 0 atom stereocenters. The molecule has 0 aromatic heterocycles. The van der Waals surface area contributed by atoms with E-state index in [4.69, 9.17) is 11.6 Å². The van der Waals surface area contributed by atoms with Crippen molar-refractivity contribution in [1.82, 2.24) is 5.32 Å². The molecule has 0 heterocycles. The van der Waals surface area contributed by atoms with Crippen molar-refractivity contribution in [3.8, 4) is 0 Å². The largest absolute Gasteiger partial charge is 0.354 e. The van der Waals surface area contributed by atoms with Crippen LogP contribution in [0.4, 0.5) is 14.5 Å². The summed E-state index contributed by atoms with van der Waals surface area (Å²) in [5.74, 6) is -0.281. The number of hydrogen-bond acceptors (Lipinski definition) is 4. The normalized spacial score (nSPS) is 11.2. The van der Waals surface area contributed by atoms with Gasteiger partial charge in [-0.1, -0.05) is 23.7 Å². The summed E-state index contributed by atoms with van der Waals surface area (Å²) in [5, 5.41) is 3.37. The zero-order valence-electron chi connectivity index (χ0n) is 17.4. The zero-order chi connectivity index (χ0) is 23.8. The fourth-order valence-corrected chi connectivity index (χ4v) is 5.24. The van der Waals surface area contributed by atoms with Crippen LogP contribution < -0.4 is 9.62 Å². The van der Waals surface area contributed by atoms with Gasteiger partial charge in [-0.2, -0.15) is 11.8 Å². The third kappa shape index (κ3) is 7.18.